The maximum absolute atomic E-state index is 8.76. The molecule has 0 spiro atoms. The molecule has 0 saturated carbocycles. The molecule has 1 saturated heterocycles. The molecule has 21 heavy (non-hydrogen) atoms. The maximum atomic E-state index is 8.76. The van der Waals surface area contributed by atoms with Crippen molar-refractivity contribution in [2.75, 3.05) is 19.7 Å². The quantitative estimate of drug-likeness (QED) is 0.742. The van der Waals surface area contributed by atoms with Gasteiger partial charge in [0, 0.05) is 12.6 Å². The van der Waals surface area contributed by atoms with Crippen molar-refractivity contribution in [3.8, 4) is 11.8 Å². The number of hydrogen-bond donors (Lipinski definition) is 0. The van der Waals surface area contributed by atoms with Gasteiger partial charge in [0.05, 0.1) is 18.2 Å². The van der Waals surface area contributed by atoms with E-state index in [1.807, 2.05) is 12.1 Å². The van der Waals surface area contributed by atoms with Crippen molar-refractivity contribution in [1.82, 2.24) is 4.90 Å². The minimum absolute atomic E-state index is 0.678. The average molecular weight is 286 g/mol. The molecule has 1 aromatic carbocycles. The molecule has 0 bridgehead atoms. The molecule has 114 valence electrons. The number of hydrogen-bond acceptors (Lipinski definition) is 3. The minimum atomic E-state index is 0.678. The number of likely N-dealkylation sites (tertiary alicyclic amines) is 1. The Labute approximate surface area is 128 Å². The van der Waals surface area contributed by atoms with Gasteiger partial charge in [-0.15, -0.1) is 0 Å². The lowest BCUT2D eigenvalue weighted by molar-refractivity contribution is 0.177. The van der Waals surface area contributed by atoms with Crippen molar-refractivity contribution in [1.29, 1.82) is 5.26 Å². The summed E-state index contributed by atoms with van der Waals surface area (Å²) in [6.45, 7) is 5.43. The van der Waals surface area contributed by atoms with Crippen molar-refractivity contribution in [2.45, 2.75) is 51.5 Å². The summed E-state index contributed by atoms with van der Waals surface area (Å²) in [5, 5.41) is 8.76. The maximum Gasteiger partial charge on any atom is 0.119 e. The molecule has 3 heteroatoms. The summed E-state index contributed by atoms with van der Waals surface area (Å²) in [4.78, 5) is 2.65. The molecule has 0 aromatic heterocycles. The van der Waals surface area contributed by atoms with Gasteiger partial charge in [-0.2, -0.15) is 5.26 Å². The largest absolute Gasteiger partial charge is 0.494 e. The van der Waals surface area contributed by atoms with Crippen LogP contribution in [-0.4, -0.2) is 30.6 Å². The van der Waals surface area contributed by atoms with E-state index in [1.54, 1.807) is 12.1 Å². The van der Waals surface area contributed by atoms with Gasteiger partial charge < -0.3 is 9.64 Å². The van der Waals surface area contributed by atoms with Crippen LogP contribution in [0.25, 0.3) is 0 Å². The Morgan fingerprint density at radius 2 is 2.05 bits per heavy atom. The summed E-state index contributed by atoms with van der Waals surface area (Å²) >= 11 is 0. The average Bonchev–Trinajstić information content (AvgIpc) is 2.77. The molecule has 3 nitrogen and oxygen atoms in total. The monoisotopic (exact) mass is 286 g/mol. The lowest BCUT2D eigenvalue weighted by Gasteiger charge is -2.29. The number of nitriles is 1. The molecule has 0 aliphatic carbocycles. The molecule has 0 N–H and O–H groups in total. The van der Waals surface area contributed by atoms with Gasteiger partial charge in [-0.3, -0.25) is 0 Å². The second-order valence-corrected chi connectivity index (χ2v) is 5.79. The normalized spacial score (nSPS) is 19.7. The zero-order valence-corrected chi connectivity index (χ0v) is 13.1. The molecule has 1 aliphatic heterocycles. The van der Waals surface area contributed by atoms with Gasteiger partial charge in [0.1, 0.15) is 5.75 Å². The molecule has 0 radical (unpaired) electrons. The Hall–Kier alpha value is -1.53. The molecule has 1 fully saturated rings. The molecular formula is C18H26N2O. The van der Waals surface area contributed by atoms with E-state index in [0.29, 0.717) is 5.56 Å². The van der Waals surface area contributed by atoms with E-state index in [4.69, 9.17) is 10.00 Å². The second-order valence-electron chi connectivity index (χ2n) is 5.79. The third kappa shape index (κ3) is 5.06. The highest BCUT2D eigenvalue weighted by Gasteiger charge is 2.18. The zero-order chi connectivity index (χ0) is 14.9. The van der Waals surface area contributed by atoms with Crippen LogP contribution in [0.1, 0.15) is 51.0 Å². The van der Waals surface area contributed by atoms with Crippen molar-refractivity contribution < 1.29 is 4.74 Å². The van der Waals surface area contributed by atoms with Gasteiger partial charge in [0.25, 0.3) is 0 Å². The lowest BCUT2D eigenvalue weighted by atomic mass is 10.1. The first-order chi connectivity index (χ1) is 10.3. The van der Waals surface area contributed by atoms with Crippen molar-refractivity contribution in [3.05, 3.63) is 29.8 Å². The summed E-state index contributed by atoms with van der Waals surface area (Å²) in [7, 11) is 0. The van der Waals surface area contributed by atoms with Gasteiger partial charge >= 0.3 is 0 Å². The predicted octanol–water partition coefficient (Wildman–Crippen LogP) is 3.98. The Morgan fingerprint density at radius 3 is 2.76 bits per heavy atom. The van der Waals surface area contributed by atoms with Crippen LogP contribution in [0.15, 0.2) is 24.3 Å². The van der Waals surface area contributed by atoms with Crippen LogP contribution < -0.4 is 4.74 Å². The molecule has 1 aliphatic rings. The van der Waals surface area contributed by atoms with E-state index in [0.717, 1.165) is 31.4 Å². The highest BCUT2D eigenvalue weighted by Crippen LogP contribution is 2.19. The fourth-order valence-electron chi connectivity index (χ4n) is 3.08. The van der Waals surface area contributed by atoms with Gasteiger partial charge in [-0.1, -0.05) is 19.8 Å². The SMILES string of the molecule is CCC1CCCCCN1CCCOc1ccc(C#N)cc1. The highest BCUT2D eigenvalue weighted by molar-refractivity contribution is 5.34. The second kappa shape index (κ2) is 8.69. The predicted molar refractivity (Wildman–Crippen MR) is 85.4 cm³/mol. The lowest BCUT2D eigenvalue weighted by Crippen LogP contribution is -2.35. The Bertz CT molecular complexity index is 449. The van der Waals surface area contributed by atoms with E-state index in [-0.39, 0.29) is 0 Å². The standard InChI is InChI=1S/C18H26N2O/c1-2-17-7-4-3-5-12-20(17)13-6-14-21-18-10-8-16(15-19)9-11-18/h8-11,17H,2-7,12-14H2,1H3. The van der Waals surface area contributed by atoms with E-state index < -0.39 is 0 Å². The van der Waals surface area contributed by atoms with Gasteiger partial charge in [0.15, 0.2) is 0 Å². The van der Waals surface area contributed by atoms with E-state index in [9.17, 15) is 0 Å². The molecule has 1 heterocycles. The molecule has 0 amide bonds. The summed E-state index contributed by atoms with van der Waals surface area (Å²) < 4.78 is 5.76. The third-order valence-electron chi connectivity index (χ3n) is 4.31. The molecular weight excluding hydrogens is 260 g/mol. The third-order valence-corrected chi connectivity index (χ3v) is 4.31. The number of ether oxygens (including phenoxy) is 1. The zero-order valence-electron chi connectivity index (χ0n) is 13.1. The van der Waals surface area contributed by atoms with Gasteiger partial charge in [-0.25, -0.2) is 0 Å². The van der Waals surface area contributed by atoms with E-state index >= 15 is 0 Å². The van der Waals surface area contributed by atoms with Crippen molar-refractivity contribution in [3.63, 3.8) is 0 Å². The molecule has 1 aromatic rings. The first-order valence-electron chi connectivity index (χ1n) is 8.20. The summed E-state index contributed by atoms with van der Waals surface area (Å²) in [5.74, 6) is 0.858. The molecule has 2 rings (SSSR count). The fraction of sp³-hybridized carbons (Fsp3) is 0.611. The Balaban J connectivity index is 1.71. The van der Waals surface area contributed by atoms with E-state index in [2.05, 4.69) is 17.9 Å². The number of benzene rings is 1. The van der Waals surface area contributed by atoms with Crippen LogP contribution in [0.3, 0.4) is 0 Å². The van der Waals surface area contributed by atoms with Crippen molar-refractivity contribution >= 4 is 0 Å². The minimum Gasteiger partial charge on any atom is -0.494 e. The van der Waals surface area contributed by atoms with Gasteiger partial charge in [-0.05, 0) is 56.5 Å². The van der Waals surface area contributed by atoms with Crippen LogP contribution in [0.4, 0.5) is 0 Å². The first kappa shape index (κ1) is 15.9. The number of nitrogens with zero attached hydrogens (tertiary/aromatic N) is 2. The summed E-state index contributed by atoms with van der Waals surface area (Å²) in [6, 6.07) is 10.2. The summed E-state index contributed by atoms with van der Waals surface area (Å²) in [6.07, 6.45) is 7.79. The smallest absolute Gasteiger partial charge is 0.119 e. The van der Waals surface area contributed by atoms with E-state index in [1.165, 1.54) is 38.6 Å². The fourth-order valence-corrected chi connectivity index (χ4v) is 3.08. The first-order valence-corrected chi connectivity index (χ1v) is 8.20. The Kier molecular flexibility index (Phi) is 6.56. The van der Waals surface area contributed by atoms with Crippen LogP contribution in [0.2, 0.25) is 0 Å². The Morgan fingerprint density at radius 1 is 1.24 bits per heavy atom. The van der Waals surface area contributed by atoms with Crippen LogP contribution >= 0.6 is 0 Å². The number of rotatable bonds is 6. The molecule has 1 atom stereocenters. The van der Waals surface area contributed by atoms with Crippen LogP contribution in [0.5, 0.6) is 5.75 Å². The van der Waals surface area contributed by atoms with Crippen LogP contribution in [-0.2, 0) is 0 Å². The van der Waals surface area contributed by atoms with Crippen LogP contribution in [0, 0.1) is 11.3 Å². The highest BCUT2D eigenvalue weighted by atomic mass is 16.5. The van der Waals surface area contributed by atoms with Gasteiger partial charge in [0.2, 0.25) is 0 Å². The van der Waals surface area contributed by atoms with Crippen molar-refractivity contribution in [2.24, 2.45) is 0 Å². The summed E-state index contributed by atoms with van der Waals surface area (Å²) in [5.41, 5.74) is 0.678. The molecule has 1 unspecified atom stereocenters. The topological polar surface area (TPSA) is 36.3 Å².